The molecule has 3 heteroatoms. The van der Waals surface area contributed by atoms with E-state index in [2.05, 4.69) is 35.3 Å². The van der Waals surface area contributed by atoms with Crippen LogP contribution in [-0.2, 0) is 12.3 Å². The van der Waals surface area contributed by atoms with E-state index in [1.165, 1.54) is 18.4 Å². The average molecular weight is 290 g/mol. The van der Waals surface area contributed by atoms with E-state index < -0.39 is 0 Å². The summed E-state index contributed by atoms with van der Waals surface area (Å²) in [6.45, 7) is 0.727. The van der Waals surface area contributed by atoms with E-state index in [1.807, 2.05) is 12.1 Å². The molecule has 0 spiro atoms. The second kappa shape index (κ2) is 8.60. The second-order valence-corrected chi connectivity index (χ2v) is 4.99. The quantitative estimate of drug-likeness (QED) is 0.523. The molecule has 0 aliphatic heterocycles. The van der Waals surface area contributed by atoms with Crippen molar-refractivity contribution in [2.45, 2.75) is 31.6 Å². The first-order chi connectivity index (χ1) is 9.90. The van der Waals surface area contributed by atoms with E-state index in [0.717, 1.165) is 30.9 Å². The normalized spacial score (nSPS) is 10.4. The number of aromatic nitrogens is 1. The third-order valence-corrected chi connectivity index (χ3v) is 3.44. The zero-order valence-electron chi connectivity index (χ0n) is 11.6. The van der Waals surface area contributed by atoms with Crippen molar-refractivity contribution in [3.8, 4) is 5.75 Å². The van der Waals surface area contributed by atoms with Gasteiger partial charge in [0.2, 0.25) is 0 Å². The lowest BCUT2D eigenvalue weighted by Crippen LogP contribution is -2.01. The molecule has 0 atom stereocenters. The summed E-state index contributed by atoms with van der Waals surface area (Å²) in [6.07, 6.45) is 6.31. The monoisotopic (exact) mass is 289 g/mol. The summed E-state index contributed by atoms with van der Waals surface area (Å²) in [5.41, 5.74) is 2.23. The van der Waals surface area contributed by atoms with Gasteiger partial charge in [0, 0.05) is 6.20 Å². The van der Waals surface area contributed by atoms with Crippen molar-refractivity contribution in [3.05, 3.63) is 59.9 Å². The minimum absolute atomic E-state index is 0.393. The van der Waals surface area contributed by atoms with Crippen molar-refractivity contribution in [2.24, 2.45) is 0 Å². The van der Waals surface area contributed by atoms with Crippen LogP contribution in [0.3, 0.4) is 0 Å². The third-order valence-electron chi connectivity index (χ3n) is 3.19. The Balaban J connectivity index is 1.62. The Hall–Kier alpha value is -1.54. The molecule has 0 N–H and O–H groups in total. The van der Waals surface area contributed by atoms with Gasteiger partial charge in [0.1, 0.15) is 5.75 Å². The zero-order chi connectivity index (χ0) is 14.0. The highest BCUT2D eigenvalue weighted by atomic mass is 35.5. The summed E-state index contributed by atoms with van der Waals surface area (Å²) < 4.78 is 5.73. The lowest BCUT2D eigenvalue weighted by molar-refractivity contribution is 0.301. The van der Waals surface area contributed by atoms with Crippen molar-refractivity contribution in [2.75, 3.05) is 6.61 Å². The first kappa shape index (κ1) is 14.9. The maximum absolute atomic E-state index is 5.82. The van der Waals surface area contributed by atoms with Crippen LogP contribution in [0.5, 0.6) is 5.75 Å². The topological polar surface area (TPSA) is 22.1 Å². The van der Waals surface area contributed by atoms with Crippen LogP contribution in [0.1, 0.15) is 30.5 Å². The van der Waals surface area contributed by atoms with Gasteiger partial charge < -0.3 is 4.74 Å². The Morgan fingerprint density at radius 3 is 2.60 bits per heavy atom. The van der Waals surface area contributed by atoms with Crippen LogP contribution < -0.4 is 4.74 Å². The number of aryl methyl sites for hydroxylation is 1. The third kappa shape index (κ3) is 4.86. The smallest absolute Gasteiger partial charge is 0.142 e. The summed E-state index contributed by atoms with van der Waals surface area (Å²) in [5, 5.41) is 0. The molecule has 0 unspecified atom stereocenters. The highest BCUT2D eigenvalue weighted by molar-refractivity contribution is 6.17. The SMILES string of the molecule is ClCc1ncccc1OCCCCCc1ccccc1. The molecule has 2 rings (SSSR count). The van der Waals surface area contributed by atoms with Gasteiger partial charge in [-0.15, -0.1) is 11.6 Å². The van der Waals surface area contributed by atoms with E-state index in [4.69, 9.17) is 16.3 Å². The first-order valence-corrected chi connectivity index (χ1v) is 7.60. The fourth-order valence-electron chi connectivity index (χ4n) is 2.09. The molecule has 0 aliphatic rings. The molecule has 2 nitrogen and oxygen atoms in total. The Kier molecular flexibility index (Phi) is 6.39. The lowest BCUT2D eigenvalue weighted by atomic mass is 10.1. The van der Waals surface area contributed by atoms with Crippen molar-refractivity contribution < 1.29 is 4.74 Å². The molecule has 0 amide bonds. The van der Waals surface area contributed by atoms with Gasteiger partial charge in [-0.3, -0.25) is 4.98 Å². The summed E-state index contributed by atoms with van der Waals surface area (Å²) in [5.74, 6) is 1.20. The number of alkyl halides is 1. The van der Waals surface area contributed by atoms with Crippen LogP contribution >= 0.6 is 11.6 Å². The number of hydrogen-bond acceptors (Lipinski definition) is 2. The van der Waals surface area contributed by atoms with E-state index in [0.29, 0.717) is 5.88 Å². The van der Waals surface area contributed by atoms with Gasteiger partial charge in [-0.1, -0.05) is 30.3 Å². The van der Waals surface area contributed by atoms with Crippen molar-refractivity contribution in [3.63, 3.8) is 0 Å². The minimum Gasteiger partial charge on any atom is -0.492 e. The molecule has 0 bridgehead atoms. The van der Waals surface area contributed by atoms with Crippen LogP contribution in [0.4, 0.5) is 0 Å². The van der Waals surface area contributed by atoms with E-state index in [1.54, 1.807) is 6.20 Å². The first-order valence-electron chi connectivity index (χ1n) is 7.06. The second-order valence-electron chi connectivity index (χ2n) is 4.73. The number of pyridine rings is 1. The molecule has 0 fully saturated rings. The van der Waals surface area contributed by atoms with Crippen molar-refractivity contribution in [1.82, 2.24) is 4.98 Å². The van der Waals surface area contributed by atoms with Gasteiger partial charge in [-0.25, -0.2) is 0 Å². The van der Waals surface area contributed by atoms with Crippen LogP contribution in [0, 0.1) is 0 Å². The molecule has 1 heterocycles. The van der Waals surface area contributed by atoms with Crippen LogP contribution in [0.25, 0.3) is 0 Å². The van der Waals surface area contributed by atoms with Crippen LogP contribution in [0.2, 0.25) is 0 Å². The average Bonchev–Trinajstić information content (AvgIpc) is 2.52. The minimum atomic E-state index is 0.393. The van der Waals surface area contributed by atoms with Gasteiger partial charge >= 0.3 is 0 Å². The number of halogens is 1. The Morgan fingerprint density at radius 2 is 1.80 bits per heavy atom. The summed E-state index contributed by atoms with van der Waals surface area (Å²) >= 11 is 5.82. The molecule has 2 aromatic rings. The summed E-state index contributed by atoms with van der Waals surface area (Å²) in [7, 11) is 0. The fourth-order valence-corrected chi connectivity index (χ4v) is 2.29. The van der Waals surface area contributed by atoms with Crippen molar-refractivity contribution in [1.29, 1.82) is 0 Å². The number of unbranched alkanes of at least 4 members (excludes halogenated alkanes) is 2. The molecule has 20 heavy (non-hydrogen) atoms. The number of ether oxygens (including phenoxy) is 1. The number of rotatable bonds is 8. The maximum Gasteiger partial charge on any atom is 0.142 e. The number of benzene rings is 1. The summed E-state index contributed by atoms with van der Waals surface area (Å²) in [6, 6.07) is 14.4. The van der Waals surface area contributed by atoms with E-state index >= 15 is 0 Å². The predicted molar refractivity (Wildman–Crippen MR) is 83.3 cm³/mol. The van der Waals surface area contributed by atoms with E-state index in [9.17, 15) is 0 Å². The molecule has 0 saturated heterocycles. The van der Waals surface area contributed by atoms with E-state index in [-0.39, 0.29) is 0 Å². The van der Waals surface area contributed by atoms with Gasteiger partial charge in [0.25, 0.3) is 0 Å². The molecule has 0 saturated carbocycles. The van der Waals surface area contributed by atoms with Gasteiger partial charge in [0.05, 0.1) is 18.2 Å². The molecule has 1 aromatic carbocycles. The van der Waals surface area contributed by atoms with Gasteiger partial charge in [-0.05, 0) is 43.4 Å². The number of nitrogens with zero attached hydrogens (tertiary/aromatic N) is 1. The van der Waals surface area contributed by atoms with Crippen LogP contribution in [-0.4, -0.2) is 11.6 Å². The van der Waals surface area contributed by atoms with Crippen LogP contribution in [0.15, 0.2) is 48.7 Å². The lowest BCUT2D eigenvalue weighted by Gasteiger charge is -2.08. The zero-order valence-corrected chi connectivity index (χ0v) is 12.4. The molecule has 106 valence electrons. The highest BCUT2D eigenvalue weighted by Gasteiger charge is 2.02. The highest BCUT2D eigenvalue weighted by Crippen LogP contribution is 2.17. The standard InChI is InChI=1S/C17H20ClNO/c18-14-16-17(11-7-12-19-16)20-13-6-2-5-10-15-8-3-1-4-9-15/h1,3-4,7-9,11-12H,2,5-6,10,13-14H2. The van der Waals surface area contributed by atoms with Gasteiger partial charge in [-0.2, -0.15) is 0 Å². The maximum atomic E-state index is 5.82. The summed E-state index contributed by atoms with van der Waals surface area (Å²) in [4.78, 5) is 4.19. The van der Waals surface area contributed by atoms with Gasteiger partial charge in [0.15, 0.2) is 0 Å². The Bertz CT molecular complexity index is 501. The Morgan fingerprint density at radius 1 is 0.950 bits per heavy atom. The largest absolute Gasteiger partial charge is 0.492 e. The number of hydrogen-bond donors (Lipinski definition) is 0. The molecule has 0 radical (unpaired) electrons. The molecular weight excluding hydrogens is 270 g/mol. The Labute approximate surface area is 125 Å². The molecular formula is C17H20ClNO. The fraction of sp³-hybridized carbons (Fsp3) is 0.353. The molecule has 0 aliphatic carbocycles. The predicted octanol–water partition coefficient (Wildman–Crippen LogP) is 4.61. The molecule has 1 aromatic heterocycles. The van der Waals surface area contributed by atoms with Crippen molar-refractivity contribution >= 4 is 11.6 Å².